The van der Waals surface area contributed by atoms with Crippen molar-refractivity contribution in [3.05, 3.63) is 47.5 Å². The van der Waals surface area contributed by atoms with E-state index in [1.54, 1.807) is 16.9 Å². The van der Waals surface area contributed by atoms with Gasteiger partial charge in [0.1, 0.15) is 5.69 Å². The summed E-state index contributed by atoms with van der Waals surface area (Å²) >= 11 is 0. The molecule has 0 saturated heterocycles. The molecule has 4 rings (SSSR count). The summed E-state index contributed by atoms with van der Waals surface area (Å²) in [6.45, 7) is 7.30. The quantitative estimate of drug-likeness (QED) is 0.690. The molecule has 3 aromatic rings. The fourth-order valence-electron chi connectivity index (χ4n) is 3.48. The Morgan fingerprint density at radius 2 is 1.93 bits per heavy atom. The van der Waals surface area contributed by atoms with Gasteiger partial charge in [-0.05, 0) is 30.5 Å². The number of hydrogen-bond donors (Lipinski definition) is 1. The fraction of sp³-hybridized carbons (Fsp3) is 0.409. The van der Waals surface area contributed by atoms with Crippen molar-refractivity contribution in [3.8, 4) is 22.8 Å². The van der Waals surface area contributed by atoms with Gasteiger partial charge in [0.05, 0.1) is 25.5 Å². The Hall–Kier alpha value is -3.29. The molecule has 1 atom stereocenters. The van der Waals surface area contributed by atoms with Gasteiger partial charge in [0.2, 0.25) is 5.76 Å². The van der Waals surface area contributed by atoms with E-state index in [-0.39, 0.29) is 23.6 Å². The van der Waals surface area contributed by atoms with E-state index >= 15 is 0 Å². The summed E-state index contributed by atoms with van der Waals surface area (Å²) in [5.41, 5.74) is 3.32. The van der Waals surface area contributed by atoms with Crippen LogP contribution >= 0.6 is 0 Å². The van der Waals surface area contributed by atoms with Crippen LogP contribution in [-0.4, -0.2) is 34.1 Å². The first-order valence-corrected chi connectivity index (χ1v) is 10.1. The monoisotopic (exact) mass is 410 g/mol. The van der Waals surface area contributed by atoms with Crippen LogP contribution in [0.1, 0.15) is 48.1 Å². The molecule has 1 aliphatic heterocycles. The number of carbonyl (C=O) groups is 1. The molecule has 0 spiro atoms. The van der Waals surface area contributed by atoms with Gasteiger partial charge >= 0.3 is 0 Å². The van der Waals surface area contributed by atoms with Crippen LogP contribution in [-0.2, 0) is 7.05 Å². The molecule has 0 bridgehead atoms. The second kappa shape index (κ2) is 8.22. The van der Waals surface area contributed by atoms with Gasteiger partial charge in [0.15, 0.2) is 11.5 Å². The number of nitrogens with zero attached hydrogens (tertiary/aromatic N) is 3. The molecule has 0 radical (unpaired) electrons. The van der Waals surface area contributed by atoms with Crippen molar-refractivity contribution in [2.45, 2.75) is 33.2 Å². The highest BCUT2D eigenvalue weighted by Gasteiger charge is 2.24. The van der Waals surface area contributed by atoms with Crippen molar-refractivity contribution in [1.82, 2.24) is 20.3 Å². The average molecular weight is 410 g/mol. The average Bonchev–Trinajstić information content (AvgIpc) is 3.25. The number of rotatable bonds is 5. The molecule has 1 amide bonds. The van der Waals surface area contributed by atoms with E-state index in [2.05, 4.69) is 29.4 Å². The SMILES string of the molecule is Cc1c(-c2cc(C(=O)NC(c3ccc4c(c3)OCCCO4)C(C)C)on2)cnn1C. The van der Waals surface area contributed by atoms with E-state index in [1.165, 1.54) is 0 Å². The summed E-state index contributed by atoms with van der Waals surface area (Å²) in [7, 11) is 1.86. The van der Waals surface area contributed by atoms with Gasteiger partial charge in [-0.2, -0.15) is 5.10 Å². The Kier molecular flexibility index (Phi) is 5.48. The molecule has 0 fully saturated rings. The predicted molar refractivity (Wildman–Crippen MR) is 111 cm³/mol. The molecule has 1 aromatic carbocycles. The minimum atomic E-state index is -0.318. The van der Waals surface area contributed by atoms with Gasteiger partial charge in [-0.25, -0.2) is 0 Å². The zero-order chi connectivity index (χ0) is 21.3. The number of ether oxygens (including phenoxy) is 2. The van der Waals surface area contributed by atoms with E-state index in [0.717, 1.165) is 29.0 Å². The summed E-state index contributed by atoms with van der Waals surface area (Å²) in [4.78, 5) is 12.9. The maximum absolute atomic E-state index is 12.9. The van der Waals surface area contributed by atoms with E-state index < -0.39 is 0 Å². The normalized spacial score (nSPS) is 14.4. The Morgan fingerprint density at radius 1 is 1.17 bits per heavy atom. The van der Waals surface area contributed by atoms with Crippen LogP contribution in [0.15, 0.2) is 35.0 Å². The summed E-state index contributed by atoms with van der Waals surface area (Å²) in [5.74, 6) is 1.44. The number of aromatic nitrogens is 3. The highest BCUT2D eigenvalue weighted by Crippen LogP contribution is 2.34. The van der Waals surface area contributed by atoms with Gasteiger partial charge in [-0.15, -0.1) is 0 Å². The van der Waals surface area contributed by atoms with Crippen LogP contribution in [0, 0.1) is 12.8 Å². The van der Waals surface area contributed by atoms with Gasteiger partial charge in [-0.3, -0.25) is 9.48 Å². The number of fused-ring (bicyclic) bond motifs is 1. The second-order valence-corrected chi connectivity index (χ2v) is 7.80. The molecule has 8 heteroatoms. The Morgan fingerprint density at radius 3 is 2.63 bits per heavy atom. The lowest BCUT2D eigenvalue weighted by Crippen LogP contribution is -2.31. The molecule has 1 aliphatic rings. The van der Waals surface area contributed by atoms with Crippen LogP contribution in [0.2, 0.25) is 0 Å². The molecular formula is C22H26N4O4. The zero-order valence-electron chi connectivity index (χ0n) is 17.6. The second-order valence-electron chi connectivity index (χ2n) is 7.80. The Bertz CT molecular complexity index is 1050. The largest absolute Gasteiger partial charge is 0.490 e. The third-order valence-corrected chi connectivity index (χ3v) is 5.33. The predicted octanol–water partition coefficient (Wildman–Crippen LogP) is 3.67. The summed E-state index contributed by atoms with van der Waals surface area (Å²) in [6, 6.07) is 7.22. The van der Waals surface area contributed by atoms with Crippen molar-refractivity contribution in [1.29, 1.82) is 0 Å². The Balaban J connectivity index is 1.55. The smallest absolute Gasteiger partial charge is 0.290 e. The lowest BCUT2D eigenvalue weighted by molar-refractivity contribution is 0.0888. The molecule has 0 aliphatic carbocycles. The maximum Gasteiger partial charge on any atom is 0.290 e. The minimum Gasteiger partial charge on any atom is -0.490 e. The van der Waals surface area contributed by atoms with Gasteiger partial charge in [0, 0.05) is 30.8 Å². The van der Waals surface area contributed by atoms with Crippen LogP contribution < -0.4 is 14.8 Å². The number of amides is 1. The molecule has 2 aromatic heterocycles. The molecule has 158 valence electrons. The van der Waals surface area contributed by atoms with E-state index in [0.29, 0.717) is 24.7 Å². The van der Waals surface area contributed by atoms with Crippen molar-refractivity contribution in [2.75, 3.05) is 13.2 Å². The highest BCUT2D eigenvalue weighted by atomic mass is 16.5. The number of aryl methyl sites for hydroxylation is 1. The van der Waals surface area contributed by atoms with Crippen molar-refractivity contribution < 1.29 is 18.8 Å². The van der Waals surface area contributed by atoms with E-state index in [9.17, 15) is 4.79 Å². The molecule has 30 heavy (non-hydrogen) atoms. The summed E-state index contributed by atoms with van der Waals surface area (Å²) < 4.78 is 18.6. The number of hydrogen-bond acceptors (Lipinski definition) is 6. The molecule has 1 unspecified atom stereocenters. The van der Waals surface area contributed by atoms with Crippen LogP contribution in [0.4, 0.5) is 0 Å². The van der Waals surface area contributed by atoms with Crippen molar-refractivity contribution >= 4 is 5.91 Å². The molecule has 8 nitrogen and oxygen atoms in total. The first kappa shape index (κ1) is 20.0. The molecule has 0 saturated carbocycles. The Labute approximate surface area is 175 Å². The standard InChI is InChI=1S/C22H26N4O4/c1-13(2)21(15-6-7-18-19(10-15)29-9-5-8-28-18)24-22(27)20-11-17(25-30-20)16-12-23-26(4)14(16)3/h6-7,10-13,21H,5,8-9H2,1-4H3,(H,24,27). The summed E-state index contributed by atoms with van der Waals surface area (Å²) in [5, 5.41) is 11.3. The van der Waals surface area contributed by atoms with Gasteiger partial charge < -0.3 is 19.3 Å². The van der Waals surface area contributed by atoms with E-state index in [1.807, 2.05) is 32.2 Å². The molecular weight excluding hydrogens is 384 g/mol. The number of carbonyl (C=O) groups excluding carboxylic acids is 1. The van der Waals surface area contributed by atoms with Crippen molar-refractivity contribution in [2.24, 2.45) is 13.0 Å². The number of benzene rings is 1. The lowest BCUT2D eigenvalue weighted by atomic mass is 9.95. The van der Waals surface area contributed by atoms with Crippen LogP contribution in [0.5, 0.6) is 11.5 Å². The molecule has 3 heterocycles. The van der Waals surface area contributed by atoms with Crippen LogP contribution in [0.3, 0.4) is 0 Å². The maximum atomic E-state index is 12.9. The van der Waals surface area contributed by atoms with E-state index in [4.69, 9.17) is 14.0 Å². The van der Waals surface area contributed by atoms with Crippen LogP contribution in [0.25, 0.3) is 11.3 Å². The molecule has 1 N–H and O–H groups in total. The summed E-state index contributed by atoms with van der Waals surface area (Å²) in [6.07, 6.45) is 2.56. The number of nitrogens with one attached hydrogen (secondary N) is 1. The topological polar surface area (TPSA) is 91.4 Å². The first-order valence-electron chi connectivity index (χ1n) is 10.1. The van der Waals surface area contributed by atoms with Gasteiger partial charge in [0.25, 0.3) is 5.91 Å². The van der Waals surface area contributed by atoms with Crippen molar-refractivity contribution in [3.63, 3.8) is 0 Å². The third-order valence-electron chi connectivity index (χ3n) is 5.33. The minimum absolute atomic E-state index is 0.154. The zero-order valence-corrected chi connectivity index (χ0v) is 17.6. The third kappa shape index (κ3) is 3.90. The van der Waals surface area contributed by atoms with Gasteiger partial charge in [-0.1, -0.05) is 25.1 Å². The lowest BCUT2D eigenvalue weighted by Gasteiger charge is -2.23. The first-order chi connectivity index (χ1) is 14.4. The highest BCUT2D eigenvalue weighted by molar-refractivity contribution is 5.92. The fourth-order valence-corrected chi connectivity index (χ4v) is 3.48.